The summed E-state index contributed by atoms with van der Waals surface area (Å²) in [4.78, 5) is 13.0. The van der Waals surface area contributed by atoms with Crippen LogP contribution < -0.4 is 0 Å². The summed E-state index contributed by atoms with van der Waals surface area (Å²) in [5.41, 5.74) is -0.427. The predicted octanol–water partition coefficient (Wildman–Crippen LogP) is 0.988. The van der Waals surface area contributed by atoms with Gasteiger partial charge in [0.05, 0.1) is 6.04 Å². The lowest BCUT2D eigenvalue weighted by Crippen LogP contribution is -2.28. The van der Waals surface area contributed by atoms with E-state index in [1.54, 1.807) is 4.90 Å². The van der Waals surface area contributed by atoms with Crippen LogP contribution in [0.5, 0.6) is 0 Å². The van der Waals surface area contributed by atoms with E-state index < -0.39 is 5.60 Å². The van der Waals surface area contributed by atoms with Crippen LogP contribution >= 0.6 is 0 Å². The SMILES string of the molecule is CC(C)(C)OC(=O)N1C[C@@H]1CCO. The van der Waals surface area contributed by atoms with Crippen molar-refractivity contribution in [3.8, 4) is 0 Å². The van der Waals surface area contributed by atoms with E-state index in [4.69, 9.17) is 9.84 Å². The molecule has 1 N–H and O–H groups in total. The standard InChI is InChI=1S/C9H17NO3/c1-9(2,3)13-8(12)10-6-7(10)4-5-11/h7,11H,4-6H2,1-3H3/t7-,10?/m0/s1. The van der Waals surface area contributed by atoms with E-state index in [1.165, 1.54) is 0 Å². The van der Waals surface area contributed by atoms with E-state index in [0.717, 1.165) is 6.54 Å². The van der Waals surface area contributed by atoms with Crippen molar-refractivity contribution in [2.75, 3.05) is 13.2 Å². The fourth-order valence-corrected chi connectivity index (χ4v) is 1.12. The van der Waals surface area contributed by atoms with Crippen molar-refractivity contribution in [1.29, 1.82) is 0 Å². The average Bonchev–Trinajstić information content (AvgIpc) is 2.64. The summed E-state index contributed by atoms with van der Waals surface area (Å²) >= 11 is 0. The Labute approximate surface area is 78.5 Å². The van der Waals surface area contributed by atoms with Crippen LogP contribution in [-0.2, 0) is 4.74 Å². The highest BCUT2D eigenvalue weighted by Crippen LogP contribution is 2.23. The molecule has 1 fully saturated rings. The maximum Gasteiger partial charge on any atom is 0.410 e. The van der Waals surface area contributed by atoms with E-state index in [0.29, 0.717) is 6.42 Å². The Hall–Kier alpha value is -0.770. The third-order valence-electron chi connectivity index (χ3n) is 1.80. The highest BCUT2D eigenvalue weighted by Gasteiger charge is 2.40. The lowest BCUT2D eigenvalue weighted by molar-refractivity contribution is 0.0403. The molecule has 13 heavy (non-hydrogen) atoms. The molecule has 1 heterocycles. The summed E-state index contributed by atoms with van der Waals surface area (Å²) in [7, 11) is 0. The Morgan fingerprint density at radius 1 is 1.62 bits per heavy atom. The van der Waals surface area contributed by atoms with Crippen molar-refractivity contribution < 1.29 is 14.6 Å². The largest absolute Gasteiger partial charge is 0.444 e. The number of nitrogens with zero attached hydrogens (tertiary/aromatic N) is 1. The molecule has 4 heteroatoms. The van der Waals surface area contributed by atoms with Crippen molar-refractivity contribution in [3.63, 3.8) is 0 Å². The first-order valence-electron chi connectivity index (χ1n) is 4.54. The molecule has 1 atom stereocenters. The van der Waals surface area contributed by atoms with Crippen LogP contribution in [0.4, 0.5) is 4.79 Å². The highest BCUT2D eigenvalue weighted by molar-refractivity contribution is 5.71. The zero-order valence-electron chi connectivity index (χ0n) is 8.41. The van der Waals surface area contributed by atoms with Crippen LogP contribution in [-0.4, -0.2) is 40.9 Å². The molecule has 0 bridgehead atoms. The lowest BCUT2D eigenvalue weighted by Gasteiger charge is -2.19. The third-order valence-corrected chi connectivity index (χ3v) is 1.80. The van der Waals surface area contributed by atoms with Gasteiger partial charge in [0.2, 0.25) is 0 Å². The van der Waals surface area contributed by atoms with E-state index in [-0.39, 0.29) is 18.7 Å². The Morgan fingerprint density at radius 2 is 2.23 bits per heavy atom. The fraction of sp³-hybridized carbons (Fsp3) is 0.889. The Kier molecular flexibility index (Phi) is 2.81. The van der Waals surface area contributed by atoms with Gasteiger partial charge in [-0.15, -0.1) is 0 Å². The second kappa shape index (κ2) is 3.54. The Balaban J connectivity index is 2.28. The van der Waals surface area contributed by atoms with Crippen LogP contribution in [0, 0.1) is 0 Å². The van der Waals surface area contributed by atoms with Crippen LogP contribution in [0.25, 0.3) is 0 Å². The Bertz CT molecular complexity index is 198. The second-order valence-corrected chi connectivity index (χ2v) is 4.30. The molecule has 1 saturated heterocycles. The van der Waals surface area contributed by atoms with Crippen molar-refractivity contribution in [1.82, 2.24) is 4.90 Å². The third kappa shape index (κ3) is 3.22. The van der Waals surface area contributed by atoms with Gasteiger partial charge in [0.15, 0.2) is 0 Å². The number of hydrogen-bond acceptors (Lipinski definition) is 3. The first-order valence-corrected chi connectivity index (χ1v) is 4.54. The topological polar surface area (TPSA) is 49.5 Å². The normalized spacial score (nSPS) is 21.5. The molecule has 1 aliphatic heterocycles. The van der Waals surface area contributed by atoms with Gasteiger partial charge < -0.3 is 14.7 Å². The van der Waals surface area contributed by atoms with Crippen molar-refractivity contribution in [2.24, 2.45) is 0 Å². The minimum Gasteiger partial charge on any atom is -0.444 e. The molecule has 0 aromatic heterocycles. The number of carbonyl (C=O) groups excluding carboxylic acids is 1. The van der Waals surface area contributed by atoms with E-state index >= 15 is 0 Å². The molecule has 0 unspecified atom stereocenters. The maximum absolute atomic E-state index is 11.3. The molecule has 1 amide bonds. The monoisotopic (exact) mass is 187 g/mol. The summed E-state index contributed by atoms with van der Waals surface area (Å²) in [6, 6.07) is 0.194. The van der Waals surface area contributed by atoms with Crippen molar-refractivity contribution in [2.45, 2.75) is 38.8 Å². The van der Waals surface area contributed by atoms with Gasteiger partial charge in [-0.05, 0) is 27.2 Å². The molecular weight excluding hydrogens is 170 g/mol. The molecule has 0 aliphatic carbocycles. The minimum absolute atomic E-state index is 0.129. The molecule has 1 rings (SSSR count). The molecule has 4 nitrogen and oxygen atoms in total. The quantitative estimate of drug-likeness (QED) is 0.656. The van der Waals surface area contributed by atoms with Crippen LogP contribution in [0.3, 0.4) is 0 Å². The summed E-state index contributed by atoms with van der Waals surface area (Å²) in [5.74, 6) is 0. The molecule has 0 radical (unpaired) electrons. The number of hydrogen-bond donors (Lipinski definition) is 1. The predicted molar refractivity (Wildman–Crippen MR) is 48.4 cm³/mol. The summed E-state index contributed by atoms with van der Waals surface area (Å²) in [5, 5.41) is 8.63. The van der Waals surface area contributed by atoms with Gasteiger partial charge in [-0.1, -0.05) is 0 Å². The zero-order valence-corrected chi connectivity index (χ0v) is 8.41. The second-order valence-electron chi connectivity index (χ2n) is 4.30. The molecule has 76 valence electrons. The fourth-order valence-electron chi connectivity index (χ4n) is 1.12. The van der Waals surface area contributed by atoms with Crippen molar-refractivity contribution >= 4 is 6.09 Å². The first-order chi connectivity index (χ1) is 5.94. The highest BCUT2D eigenvalue weighted by atomic mass is 16.6. The molecule has 0 saturated carbocycles. The van der Waals surface area contributed by atoms with Crippen molar-refractivity contribution in [3.05, 3.63) is 0 Å². The number of carbonyl (C=O) groups is 1. The van der Waals surface area contributed by atoms with E-state index in [9.17, 15) is 4.79 Å². The average molecular weight is 187 g/mol. The van der Waals surface area contributed by atoms with Gasteiger partial charge in [-0.2, -0.15) is 0 Å². The van der Waals surface area contributed by atoms with E-state index in [1.807, 2.05) is 20.8 Å². The number of aliphatic hydroxyl groups is 1. The van der Waals surface area contributed by atoms with Gasteiger partial charge >= 0.3 is 6.09 Å². The first kappa shape index (κ1) is 10.3. The maximum atomic E-state index is 11.3. The summed E-state index contributed by atoms with van der Waals surface area (Å²) < 4.78 is 5.14. The molecule has 0 aromatic carbocycles. The number of amides is 1. The Morgan fingerprint density at radius 3 is 2.69 bits per heavy atom. The molecule has 0 spiro atoms. The number of ether oxygens (including phenoxy) is 1. The molecule has 0 aromatic rings. The smallest absolute Gasteiger partial charge is 0.410 e. The number of rotatable bonds is 2. The summed E-state index contributed by atoms with van der Waals surface area (Å²) in [6.07, 6.45) is 0.380. The van der Waals surface area contributed by atoms with Crippen LogP contribution in [0.15, 0.2) is 0 Å². The van der Waals surface area contributed by atoms with Gasteiger partial charge in [-0.25, -0.2) is 4.79 Å². The van der Waals surface area contributed by atoms with Gasteiger partial charge in [-0.3, -0.25) is 0 Å². The number of aliphatic hydroxyl groups excluding tert-OH is 1. The van der Waals surface area contributed by atoms with Gasteiger partial charge in [0, 0.05) is 13.2 Å². The van der Waals surface area contributed by atoms with E-state index in [2.05, 4.69) is 0 Å². The lowest BCUT2D eigenvalue weighted by atomic mass is 10.2. The molecular formula is C9H17NO3. The minimum atomic E-state index is -0.427. The molecule has 1 aliphatic rings. The van der Waals surface area contributed by atoms with Crippen LogP contribution in [0.1, 0.15) is 27.2 Å². The van der Waals surface area contributed by atoms with Crippen LogP contribution in [0.2, 0.25) is 0 Å². The van der Waals surface area contributed by atoms with Gasteiger partial charge in [0.1, 0.15) is 5.60 Å². The van der Waals surface area contributed by atoms with Gasteiger partial charge in [0.25, 0.3) is 0 Å². The zero-order chi connectivity index (χ0) is 10.1. The summed E-state index contributed by atoms with van der Waals surface area (Å²) in [6.45, 7) is 6.37.